The van der Waals surface area contributed by atoms with E-state index in [9.17, 15) is 14.4 Å². The molecule has 0 spiro atoms. The zero-order valence-corrected chi connectivity index (χ0v) is 17.2. The number of hydrogen-bond donors (Lipinski definition) is 4. The standard InChI is InChI=1S/C20H24N4O5S/c21-18(25)13-5-6-14(24-13)19(26)22-9-11-1-3-12(4-2-11)23-20(27)17-16-15(10-30-17)28-7-8-29-16/h5-6,10-12,24H,1-4,7-9H2,(H2,21,25)(H,22,26)(H,23,27). The van der Waals surface area contributed by atoms with Crippen molar-refractivity contribution in [2.24, 2.45) is 11.7 Å². The Morgan fingerprint density at radius 3 is 2.53 bits per heavy atom. The normalized spacial score (nSPS) is 20.4. The van der Waals surface area contributed by atoms with Gasteiger partial charge in [0.2, 0.25) is 0 Å². The molecule has 3 amide bonds. The molecule has 0 saturated heterocycles. The van der Waals surface area contributed by atoms with E-state index in [-0.39, 0.29) is 23.6 Å². The summed E-state index contributed by atoms with van der Waals surface area (Å²) in [4.78, 5) is 39.2. The minimum atomic E-state index is -0.600. The van der Waals surface area contributed by atoms with Crippen molar-refractivity contribution in [3.8, 4) is 11.5 Å². The number of ether oxygens (including phenoxy) is 2. The van der Waals surface area contributed by atoms with Gasteiger partial charge in [-0.3, -0.25) is 14.4 Å². The Morgan fingerprint density at radius 1 is 1.07 bits per heavy atom. The van der Waals surface area contributed by atoms with E-state index in [0.717, 1.165) is 25.7 Å². The zero-order valence-electron chi connectivity index (χ0n) is 16.4. The van der Waals surface area contributed by atoms with E-state index in [1.165, 1.54) is 17.4 Å². The average Bonchev–Trinajstić information content (AvgIpc) is 3.41. The van der Waals surface area contributed by atoms with Crippen molar-refractivity contribution in [3.63, 3.8) is 0 Å². The van der Waals surface area contributed by atoms with Gasteiger partial charge in [-0.2, -0.15) is 0 Å². The first-order valence-electron chi connectivity index (χ1n) is 9.96. The summed E-state index contributed by atoms with van der Waals surface area (Å²) >= 11 is 1.33. The fraction of sp³-hybridized carbons (Fsp3) is 0.450. The minimum absolute atomic E-state index is 0.105. The Balaban J connectivity index is 1.22. The second kappa shape index (κ2) is 8.78. The van der Waals surface area contributed by atoms with Gasteiger partial charge in [-0.15, -0.1) is 11.3 Å². The van der Waals surface area contributed by atoms with Crippen molar-refractivity contribution in [1.82, 2.24) is 15.6 Å². The minimum Gasteiger partial charge on any atom is -0.485 e. The number of nitrogens with one attached hydrogen (secondary N) is 3. The second-order valence-corrected chi connectivity index (χ2v) is 8.39. The highest BCUT2D eigenvalue weighted by Crippen LogP contribution is 2.39. The van der Waals surface area contributed by atoms with Gasteiger partial charge in [-0.05, 0) is 43.7 Å². The van der Waals surface area contributed by atoms with E-state index in [1.54, 1.807) is 11.4 Å². The van der Waals surface area contributed by atoms with Crippen molar-refractivity contribution < 1.29 is 23.9 Å². The molecule has 3 heterocycles. The molecule has 0 radical (unpaired) electrons. The molecule has 9 nitrogen and oxygen atoms in total. The van der Waals surface area contributed by atoms with Crippen LogP contribution in [0.3, 0.4) is 0 Å². The van der Waals surface area contributed by atoms with Gasteiger partial charge in [0.1, 0.15) is 29.5 Å². The molecule has 2 aromatic heterocycles. The van der Waals surface area contributed by atoms with Gasteiger partial charge < -0.3 is 30.8 Å². The quantitative estimate of drug-likeness (QED) is 0.551. The van der Waals surface area contributed by atoms with Crippen LogP contribution in [0.2, 0.25) is 0 Å². The van der Waals surface area contributed by atoms with Crippen molar-refractivity contribution in [1.29, 1.82) is 0 Å². The van der Waals surface area contributed by atoms with Crippen molar-refractivity contribution in [3.05, 3.63) is 33.8 Å². The summed E-state index contributed by atoms with van der Waals surface area (Å²) in [5, 5.41) is 7.80. The van der Waals surface area contributed by atoms with E-state index in [2.05, 4.69) is 15.6 Å². The number of rotatable bonds is 6. The molecule has 1 fully saturated rings. The van der Waals surface area contributed by atoms with Crippen LogP contribution in [0.25, 0.3) is 0 Å². The Bertz CT molecular complexity index is 945. The van der Waals surface area contributed by atoms with Crippen LogP contribution in [0.5, 0.6) is 11.5 Å². The summed E-state index contributed by atoms with van der Waals surface area (Å²) in [6.45, 7) is 1.50. The van der Waals surface area contributed by atoms with Crippen LogP contribution >= 0.6 is 11.3 Å². The fourth-order valence-corrected chi connectivity index (χ4v) is 4.62. The highest BCUT2D eigenvalue weighted by molar-refractivity contribution is 7.12. The van der Waals surface area contributed by atoms with Gasteiger partial charge in [0, 0.05) is 18.0 Å². The predicted octanol–water partition coefficient (Wildman–Crippen LogP) is 1.66. The van der Waals surface area contributed by atoms with Crippen LogP contribution < -0.4 is 25.8 Å². The van der Waals surface area contributed by atoms with Crippen LogP contribution in [0.15, 0.2) is 17.5 Å². The lowest BCUT2D eigenvalue weighted by molar-refractivity contribution is 0.0914. The number of fused-ring (bicyclic) bond motifs is 1. The molecule has 30 heavy (non-hydrogen) atoms. The van der Waals surface area contributed by atoms with Crippen molar-refractivity contribution in [2.75, 3.05) is 19.8 Å². The lowest BCUT2D eigenvalue weighted by Crippen LogP contribution is -2.39. The van der Waals surface area contributed by atoms with Gasteiger partial charge in [0.25, 0.3) is 17.7 Å². The number of aromatic nitrogens is 1. The van der Waals surface area contributed by atoms with Gasteiger partial charge in [-0.1, -0.05) is 0 Å². The largest absolute Gasteiger partial charge is 0.485 e. The first-order chi connectivity index (χ1) is 14.5. The zero-order chi connectivity index (χ0) is 21.1. The van der Waals surface area contributed by atoms with Gasteiger partial charge in [0.05, 0.1) is 0 Å². The molecule has 10 heteroatoms. The first kappa shape index (κ1) is 20.3. The Morgan fingerprint density at radius 2 is 1.80 bits per heavy atom. The number of hydrogen-bond acceptors (Lipinski definition) is 6. The smallest absolute Gasteiger partial charge is 0.267 e. The Kier molecular flexibility index (Phi) is 5.93. The van der Waals surface area contributed by atoms with E-state index in [0.29, 0.717) is 47.7 Å². The lowest BCUT2D eigenvalue weighted by Gasteiger charge is -2.29. The van der Waals surface area contributed by atoms with Crippen molar-refractivity contribution in [2.45, 2.75) is 31.7 Å². The number of carbonyl (C=O) groups is 3. The number of amides is 3. The molecule has 1 saturated carbocycles. The summed E-state index contributed by atoms with van der Waals surface area (Å²) in [5.74, 6) is 0.545. The maximum absolute atomic E-state index is 12.6. The van der Waals surface area contributed by atoms with Crippen LogP contribution in [-0.2, 0) is 0 Å². The van der Waals surface area contributed by atoms with Crippen molar-refractivity contribution >= 4 is 29.1 Å². The van der Waals surface area contributed by atoms with Gasteiger partial charge >= 0.3 is 0 Å². The van der Waals surface area contributed by atoms with Crippen LogP contribution in [0.1, 0.15) is 56.3 Å². The third-order valence-electron chi connectivity index (χ3n) is 5.44. The molecule has 0 atom stereocenters. The number of carbonyl (C=O) groups excluding carboxylic acids is 3. The van der Waals surface area contributed by atoms with Gasteiger partial charge in [-0.25, -0.2) is 0 Å². The predicted molar refractivity (Wildman–Crippen MR) is 110 cm³/mol. The number of primary amides is 1. The van der Waals surface area contributed by atoms with E-state index in [4.69, 9.17) is 15.2 Å². The monoisotopic (exact) mass is 432 g/mol. The topological polar surface area (TPSA) is 136 Å². The number of nitrogens with two attached hydrogens (primary N) is 1. The maximum Gasteiger partial charge on any atom is 0.267 e. The summed E-state index contributed by atoms with van der Waals surface area (Å²) in [5.41, 5.74) is 5.71. The number of thiophene rings is 1. The molecule has 4 rings (SSSR count). The number of aromatic amines is 1. The maximum atomic E-state index is 12.6. The molecule has 1 aliphatic carbocycles. The summed E-state index contributed by atoms with van der Waals surface area (Å²) in [7, 11) is 0. The Labute approximate surface area is 177 Å². The first-order valence-corrected chi connectivity index (χ1v) is 10.8. The average molecular weight is 433 g/mol. The lowest BCUT2D eigenvalue weighted by atomic mass is 9.86. The van der Waals surface area contributed by atoms with Gasteiger partial charge in [0.15, 0.2) is 11.5 Å². The fourth-order valence-electron chi connectivity index (χ4n) is 3.78. The number of H-pyrrole nitrogens is 1. The van der Waals surface area contributed by atoms with E-state index >= 15 is 0 Å². The molecule has 2 aromatic rings. The molecular weight excluding hydrogens is 408 g/mol. The molecule has 0 aromatic carbocycles. The second-order valence-electron chi connectivity index (χ2n) is 7.51. The molecule has 5 N–H and O–H groups in total. The van der Waals surface area contributed by atoms with Crippen LogP contribution in [0.4, 0.5) is 0 Å². The summed E-state index contributed by atoms with van der Waals surface area (Å²) in [6, 6.07) is 3.14. The molecule has 0 bridgehead atoms. The molecule has 2 aliphatic rings. The SMILES string of the molecule is NC(=O)c1ccc(C(=O)NCC2CCC(NC(=O)c3scc4c3OCCO4)CC2)[nH]1. The third kappa shape index (κ3) is 4.43. The Hall–Kier alpha value is -3.01. The molecule has 0 unspecified atom stereocenters. The van der Waals surface area contributed by atoms with E-state index in [1.807, 2.05) is 0 Å². The highest BCUT2D eigenvalue weighted by atomic mass is 32.1. The van der Waals surface area contributed by atoms with E-state index < -0.39 is 5.91 Å². The molecule has 1 aliphatic heterocycles. The third-order valence-corrected chi connectivity index (χ3v) is 6.38. The van der Waals surface area contributed by atoms with Crippen LogP contribution in [0, 0.1) is 5.92 Å². The highest BCUT2D eigenvalue weighted by Gasteiger charge is 2.27. The molecular formula is C20H24N4O5S. The molecule has 160 valence electrons. The summed E-state index contributed by atoms with van der Waals surface area (Å²) in [6.07, 6.45) is 3.52. The summed E-state index contributed by atoms with van der Waals surface area (Å²) < 4.78 is 11.1. The van der Waals surface area contributed by atoms with Crippen LogP contribution in [-0.4, -0.2) is 48.5 Å².